The van der Waals surface area contributed by atoms with Gasteiger partial charge in [0.2, 0.25) is 0 Å². The van der Waals surface area contributed by atoms with Crippen LogP contribution in [0.15, 0.2) is 18.2 Å². The summed E-state index contributed by atoms with van der Waals surface area (Å²) in [5.41, 5.74) is 0.696. The van der Waals surface area contributed by atoms with Gasteiger partial charge in [-0.15, -0.1) is 0 Å². The van der Waals surface area contributed by atoms with Crippen molar-refractivity contribution in [1.82, 2.24) is 0 Å². The topological polar surface area (TPSA) is 38.3 Å². The zero-order valence-electron chi connectivity index (χ0n) is 9.55. The molecule has 0 bridgehead atoms. The highest BCUT2D eigenvalue weighted by atomic mass is 19.1. The standard InChI is InChI=1S/C12H16FNO2/c1-9(15)4-3-7-14-10-5-6-12(16-2)11(13)8-10/h5-6,8,14H,3-4,7H2,1-2H3. The number of anilines is 1. The molecular weight excluding hydrogens is 209 g/mol. The first-order valence-electron chi connectivity index (χ1n) is 5.20. The van der Waals surface area contributed by atoms with E-state index < -0.39 is 0 Å². The molecule has 0 aliphatic heterocycles. The zero-order chi connectivity index (χ0) is 12.0. The first-order chi connectivity index (χ1) is 7.63. The number of hydrogen-bond donors (Lipinski definition) is 1. The summed E-state index contributed by atoms with van der Waals surface area (Å²) in [5.74, 6) is 0.0102. The maximum atomic E-state index is 13.3. The number of carbonyl (C=O) groups is 1. The fraction of sp³-hybridized carbons (Fsp3) is 0.417. The van der Waals surface area contributed by atoms with E-state index in [9.17, 15) is 9.18 Å². The Morgan fingerprint density at radius 1 is 1.50 bits per heavy atom. The van der Waals surface area contributed by atoms with E-state index in [1.807, 2.05) is 0 Å². The van der Waals surface area contributed by atoms with Gasteiger partial charge < -0.3 is 14.8 Å². The molecule has 0 fully saturated rings. The number of nitrogens with one attached hydrogen (secondary N) is 1. The molecule has 0 saturated carbocycles. The highest BCUT2D eigenvalue weighted by Crippen LogP contribution is 2.20. The monoisotopic (exact) mass is 225 g/mol. The van der Waals surface area contributed by atoms with Gasteiger partial charge >= 0.3 is 0 Å². The molecule has 1 aromatic carbocycles. The third kappa shape index (κ3) is 3.88. The summed E-state index contributed by atoms with van der Waals surface area (Å²) in [4.78, 5) is 10.7. The molecule has 0 aliphatic carbocycles. The number of Topliss-reactive ketones (excluding diaryl/α,β-unsaturated/α-hetero) is 1. The number of benzene rings is 1. The molecule has 1 aromatic rings. The Hall–Kier alpha value is -1.58. The number of ketones is 1. The van der Waals surface area contributed by atoms with Gasteiger partial charge in [-0.25, -0.2) is 4.39 Å². The number of ether oxygens (including phenoxy) is 1. The van der Waals surface area contributed by atoms with E-state index in [-0.39, 0.29) is 17.3 Å². The van der Waals surface area contributed by atoms with Gasteiger partial charge in [-0.05, 0) is 25.5 Å². The molecule has 0 aliphatic rings. The Kier molecular flexibility index (Phi) is 4.76. The average Bonchev–Trinajstić information content (AvgIpc) is 2.24. The normalized spacial score (nSPS) is 9.94. The summed E-state index contributed by atoms with van der Waals surface area (Å²) in [6, 6.07) is 4.70. The van der Waals surface area contributed by atoms with Crippen LogP contribution < -0.4 is 10.1 Å². The maximum absolute atomic E-state index is 13.3. The smallest absolute Gasteiger partial charge is 0.167 e. The fourth-order valence-corrected chi connectivity index (χ4v) is 1.35. The van der Waals surface area contributed by atoms with E-state index in [0.29, 0.717) is 18.7 Å². The van der Waals surface area contributed by atoms with Crippen molar-refractivity contribution in [3.8, 4) is 5.75 Å². The van der Waals surface area contributed by atoms with Crippen molar-refractivity contribution in [1.29, 1.82) is 0 Å². The molecule has 4 heteroatoms. The largest absolute Gasteiger partial charge is 0.494 e. The first kappa shape index (κ1) is 12.5. The Morgan fingerprint density at radius 3 is 2.81 bits per heavy atom. The summed E-state index contributed by atoms with van der Waals surface area (Å²) >= 11 is 0. The second-order valence-corrected chi connectivity index (χ2v) is 3.58. The summed E-state index contributed by atoms with van der Waals surface area (Å²) in [5, 5.41) is 3.04. The lowest BCUT2D eigenvalue weighted by Crippen LogP contribution is -2.04. The van der Waals surface area contributed by atoms with Crippen molar-refractivity contribution in [2.24, 2.45) is 0 Å². The zero-order valence-corrected chi connectivity index (χ0v) is 9.55. The minimum Gasteiger partial charge on any atom is -0.494 e. The molecule has 0 heterocycles. The van der Waals surface area contributed by atoms with Crippen LogP contribution in [0.1, 0.15) is 19.8 Å². The van der Waals surface area contributed by atoms with Crippen molar-refractivity contribution >= 4 is 11.5 Å². The van der Waals surface area contributed by atoms with Gasteiger partial charge in [-0.2, -0.15) is 0 Å². The first-order valence-corrected chi connectivity index (χ1v) is 5.20. The molecule has 0 aromatic heterocycles. The predicted octanol–water partition coefficient (Wildman–Crippen LogP) is 2.62. The molecule has 0 unspecified atom stereocenters. The molecular formula is C12H16FNO2. The molecule has 0 atom stereocenters. The van der Waals surface area contributed by atoms with Crippen molar-refractivity contribution in [2.75, 3.05) is 19.0 Å². The molecule has 0 amide bonds. The predicted molar refractivity (Wildman–Crippen MR) is 61.4 cm³/mol. The fourth-order valence-electron chi connectivity index (χ4n) is 1.35. The number of carbonyl (C=O) groups excluding carboxylic acids is 1. The Bertz CT molecular complexity index is 366. The Morgan fingerprint density at radius 2 is 2.25 bits per heavy atom. The van der Waals surface area contributed by atoms with Crippen molar-refractivity contribution in [2.45, 2.75) is 19.8 Å². The van der Waals surface area contributed by atoms with Gasteiger partial charge in [0.15, 0.2) is 11.6 Å². The van der Waals surface area contributed by atoms with Crippen molar-refractivity contribution in [3.63, 3.8) is 0 Å². The maximum Gasteiger partial charge on any atom is 0.167 e. The molecule has 0 saturated heterocycles. The average molecular weight is 225 g/mol. The van der Waals surface area contributed by atoms with E-state index in [4.69, 9.17) is 4.74 Å². The van der Waals surface area contributed by atoms with Gasteiger partial charge in [0.25, 0.3) is 0 Å². The minimum absolute atomic E-state index is 0.169. The van der Waals surface area contributed by atoms with Crippen LogP contribution in [-0.4, -0.2) is 19.4 Å². The number of rotatable bonds is 6. The lowest BCUT2D eigenvalue weighted by atomic mass is 10.2. The highest BCUT2D eigenvalue weighted by molar-refractivity contribution is 5.75. The van der Waals surface area contributed by atoms with Crippen LogP contribution in [0.5, 0.6) is 5.75 Å². The SMILES string of the molecule is COc1ccc(NCCCC(C)=O)cc1F. The van der Waals surface area contributed by atoms with E-state index in [2.05, 4.69) is 5.32 Å². The summed E-state index contributed by atoms with van der Waals surface area (Å²) in [6.45, 7) is 2.22. The third-order valence-corrected chi connectivity index (χ3v) is 2.19. The van der Waals surface area contributed by atoms with Crippen molar-refractivity contribution < 1.29 is 13.9 Å². The molecule has 1 N–H and O–H groups in total. The summed E-state index contributed by atoms with van der Waals surface area (Å²) < 4.78 is 18.1. The molecule has 1 rings (SSSR count). The van der Waals surface area contributed by atoms with Crippen molar-refractivity contribution in [3.05, 3.63) is 24.0 Å². The van der Waals surface area contributed by atoms with E-state index >= 15 is 0 Å². The Labute approximate surface area is 94.6 Å². The number of halogens is 1. The van der Waals surface area contributed by atoms with Gasteiger partial charge in [0.1, 0.15) is 5.78 Å². The van der Waals surface area contributed by atoms with E-state index in [1.165, 1.54) is 13.2 Å². The van der Waals surface area contributed by atoms with Gasteiger partial charge in [-0.3, -0.25) is 0 Å². The van der Waals surface area contributed by atoms with Gasteiger partial charge in [0.05, 0.1) is 7.11 Å². The highest BCUT2D eigenvalue weighted by Gasteiger charge is 2.02. The number of hydrogen-bond acceptors (Lipinski definition) is 3. The van der Waals surface area contributed by atoms with Crippen LogP contribution in [0.25, 0.3) is 0 Å². The van der Waals surface area contributed by atoms with E-state index in [1.54, 1.807) is 19.1 Å². The van der Waals surface area contributed by atoms with Gasteiger partial charge in [0, 0.05) is 24.7 Å². The molecule has 88 valence electrons. The Balaban J connectivity index is 2.43. The molecule has 0 radical (unpaired) electrons. The second-order valence-electron chi connectivity index (χ2n) is 3.58. The van der Waals surface area contributed by atoms with Crippen LogP contribution in [0, 0.1) is 5.82 Å². The molecule has 3 nitrogen and oxygen atoms in total. The third-order valence-electron chi connectivity index (χ3n) is 2.19. The minimum atomic E-state index is -0.390. The quantitative estimate of drug-likeness (QED) is 0.756. The van der Waals surface area contributed by atoms with Crippen LogP contribution in [0.3, 0.4) is 0 Å². The molecule has 16 heavy (non-hydrogen) atoms. The lowest BCUT2D eigenvalue weighted by Gasteiger charge is -2.07. The van der Waals surface area contributed by atoms with Crippen LogP contribution >= 0.6 is 0 Å². The van der Waals surface area contributed by atoms with E-state index in [0.717, 1.165) is 6.42 Å². The van der Waals surface area contributed by atoms with Crippen LogP contribution in [-0.2, 0) is 4.79 Å². The summed E-state index contributed by atoms with van der Waals surface area (Å²) in [7, 11) is 1.43. The van der Waals surface area contributed by atoms with Gasteiger partial charge in [-0.1, -0.05) is 0 Å². The van der Waals surface area contributed by atoms with Crippen LogP contribution in [0.4, 0.5) is 10.1 Å². The summed E-state index contributed by atoms with van der Waals surface area (Å²) in [6.07, 6.45) is 1.30. The second kappa shape index (κ2) is 6.10. The lowest BCUT2D eigenvalue weighted by molar-refractivity contribution is -0.117. The molecule has 0 spiro atoms. The van der Waals surface area contributed by atoms with Crippen LogP contribution in [0.2, 0.25) is 0 Å². The number of methoxy groups -OCH3 is 1.